The number of nitrogens with zero attached hydrogens (tertiary/aromatic N) is 4. The van der Waals surface area contributed by atoms with Crippen LogP contribution in [0.15, 0.2) is 0 Å². The van der Waals surface area contributed by atoms with E-state index in [1.807, 2.05) is 11.8 Å². The molecule has 23 heavy (non-hydrogen) atoms. The van der Waals surface area contributed by atoms with E-state index >= 15 is 0 Å². The lowest BCUT2D eigenvalue weighted by Crippen LogP contribution is -2.50. The van der Waals surface area contributed by atoms with Gasteiger partial charge in [-0.1, -0.05) is 10.9 Å². The highest BCUT2D eigenvalue weighted by Gasteiger charge is 2.43. The van der Waals surface area contributed by atoms with Crippen LogP contribution in [-0.4, -0.2) is 56.9 Å². The van der Waals surface area contributed by atoms with E-state index < -0.39 is 0 Å². The van der Waals surface area contributed by atoms with Crippen LogP contribution >= 0.6 is 11.5 Å². The lowest BCUT2D eigenvalue weighted by Gasteiger charge is -2.40. The number of carbonyl (C=O) groups is 2. The molecule has 6 nitrogen and oxygen atoms in total. The molecule has 7 heteroatoms. The minimum Gasteiger partial charge on any atom is -0.337 e. The SMILES string of the molecule is Cc1nnsc1C(=O)N1C[C@H]2CC[C@@H](C1)N(CC1CCC1)C2=O. The summed E-state index contributed by atoms with van der Waals surface area (Å²) in [5.74, 6) is 0.907. The predicted molar refractivity (Wildman–Crippen MR) is 86.1 cm³/mol. The summed E-state index contributed by atoms with van der Waals surface area (Å²) in [6.07, 6.45) is 5.72. The van der Waals surface area contributed by atoms with E-state index in [0.717, 1.165) is 30.9 Å². The monoisotopic (exact) mass is 334 g/mol. The maximum absolute atomic E-state index is 12.8. The topological polar surface area (TPSA) is 66.4 Å². The van der Waals surface area contributed by atoms with E-state index in [-0.39, 0.29) is 23.8 Å². The molecule has 2 atom stereocenters. The van der Waals surface area contributed by atoms with Crippen LogP contribution in [0.1, 0.15) is 47.5 Å². The Morgan fingerprint density at radius 3 is 2.74 bits per heavy atom. The zero-order valence-corrected chi connectivity index (χ0v) is 14.2. The summed E-state index contributed by atoms with van der Waals surface area (Å²) in [6.45, 7) is 3.91. The van der Waals surface area contributed by atoms with E-state index in [4.69, 9.17) is 0 Å². The van der Waals surface area contributed by atoms with Crippen molar-refractivity contribution in [3.8, 4) is 0 Å². The summed E-state index contributed by atoms with van der Waals surface area (Å²) < 4.78 is 3.87. The summed E-state index contributed by atoms with van der Waals surface area (Å²) in [5, 5.41) is 3.94. The minimum absolute atomic E-state index is 0.00676. The van der Waals surface area contributed by atoms with Gasteiger partial charge >= 0.3 is 0 Å². The second-order valence-electron chi connectivity index (χ2n) is 7.11. The van der Waals surface area contributed by atoms with Crippen molar-refractivity contribution in [2.75, 3.05) is 19.6 Å². The molecule has 2 amide bonds. The third-order valence-electron chi connectivity index (χ3n) is 5.61. The highest BCUT2D eigenvalue weighted by molar-refractivity contribution is 7.07. The molecule has 124 valence electrons. The van der Waals surface area contributed by atoms with E-state index in [0.29, 0.717) is 29.6 Å². The molecular weight excluding hydrogens is 312 g/mol. The van der Waals surface area contributed by atoms with Crippen LogP contribution < -0.4 is 0 Å². The number of amides is 2. The van der Waals surface area contributed by atoms with Gasteiger partial charge in [0.05, 0.1) is 11.6 Å². The molecular formula is C16H22N4O2S. The van der Waals surface area contributed by atoms with Gasteiger partial charge in [0.1, 0.15) is 4.88 Å². The first-order valence-corrected chi connectivity index (χ1v) is 9.29. The van der Waals surface area contributed by atoms with Crippen molar-refractivity contribution in [1.29, 1.82) is 0 Å². The predicted octanol–water partition coefficient (Wildman–Crippen LogP) is 1.71. The van der Waals surface area contributed by atoms with E-state index in [1.54, 1.807) is 0 Å². The van der Waals surface area contributed by atoms with Gasteiger partial charge < -0.3 is 9.80 Å². The average molecular weight is 334 g/mol. The van der Waals surface area contributed by atoms with Crippen molar-refractivity contribution < 1.29 is 9.59 Å². The van der Waals surface area contributed by atoms with Crippen LogP contribution in [0.25, 0.3) is 0 Å². The lowest BCUT2D eigenvalue weighted by molar-refractivity contribution is -0.141. The fourth-order valence-electron chi connectivity index (χ4n) is 3.97. The summed E-state index contributed by atoms with van der Waals surface area (Å²) >= 11 is 1.16. The molecule has 1 saturated carbocycles. The number of rotatable bonds is 3. The highest BCUT2D eigenvalue weighted by atomic mass is 32.1. The summed E-state index contributed by atoms with van der Waals surface area (Å²) in [7, 11) is 0. The maximum Gasteiger partial charge on any atom is 0.267 e. The maximum atomic E-state index is 12.8. The fraction of sp³-hybridized carbons (Fsp3) is 0.750. The zero-order valence-electron chi connectivity index (χ0n) is 13.4. The molecule has 0 N–H and O–H groups in total. The number of hydrogen-bond acceptors (Lipinski definition) is 5. The third-order valence-corrected chi connectivity index (χ3v) is 6.42. The summed E-state index contributed by atoms with van der Waals surface area (Å²) in [6, 6.07) is 0.187. The molecule has 3 saturated heterocycles. The van der Waals surface area contributed by atoms with Crippen LogP contribution in [-0.2, 0) is 4.79 Å². The van der Waals surface area contributed by atoms with Crippen LogP contribution in [0.4, 0.5) is 0 Å². The molecule has 0 radical (unpaired) electrons. The van der Waals surface area contributed by atoms with E-state index in [2.05, 4.69) is 14.5 Å². The van der Waals surface area contributed by atoms with Gasteiger partial charge in [-0.25, -0.2) is 0 Å². The molecule has 1 aromatic rings. The average Bonchev–Trinajstić information content (AvgIpc) is 2.74. The largest absolute Gasteiger partial charge is 0.337 e. The van der Waals surface area contributed by atoms with Crippen LogP contribution in [0.3, 0.4) is 0 Å². The quantitative estimate of drug-likeness (QED) is 0.844. The van der Waals surface area contributed by atoms with Gasteiger partial charge in [-0.3, -0.25) is 9.59 Å². The molecule has 2 bridgehead atoms. The van der Waals surface area contributed by atoms with Crippen molar-refractivity contribution in [2.24, 2.45) is 11.8 Å². The third kappa shape index (κ3) is 2.65. The second-order valence-corrected chi connectivity index (χ2v) is 7.87. The van der Waals surface area contributed by atoms with Gasteiger partial charge in [-0.2, -0.15) is 0 Å². The Morgan fingerprint density at radius 1 is 1.26 bits per heavy atom. The zero-order chi connectivity index (χ0) is 16.0. The standard InChI is InChI=1S/C16H22N4O2S/c1-10-14(23-18-17-10)16(22)19-8-12-5-6-13(9-19)20(15(12)21)7-11-3-2-4-11/h11-13H,2-9H2,1H3/t12-,13+/m1/s1. The van der Waals surface area contributed by atoms with E-state index in [9.17, 15) is 9.59 Å². The number of aryl methyl sites for hydroxylation is 1. The van der Waals surface area contributed by atoms with Crippen molar-refractivity contribution in [2.45, 2.75) is 45.1 Å². The Labute approximate surface area is 140 Å². The lowest BCUT2D eigenvalue weighted by atomic mass is 9.83. The molecule has 1 aromatic heterocycles. The van der Waals surface area contributed by atoms with Crippen LogP contribution in [0, 0.1) is 18.8 Å². The van der Waals surface area contributed by atoms with Crippen molar-refractivity contribution >= 4 is 23.3 Å². The molecule has 5 rings (SSSR count). The molecule has 4 heterocycles. The highest BCUT2D eigenvalue weighted by Crippen LogP contribution is 2.34. The molecule has 0 unspecified atom stereocenters. The van der Waals surface area contributed by atoms with Gasteiger partial charge in [0.15, 0.2) is 0 Å². The molecule has 0 aromatic carbocycles. The van der Waals surface area contributed by atoms with E-state index in [1.165, 1.54) is 19.3 Å². The van der Waals surface area contributed by atoms with Gasteiger partial charge in [0.25, 0.3) is 5.91 Å². The first-order valence-electron chi connectivity index (χ1n) is 8.52. The molecule has 3 aliphatic heterocycles. The Kier molecular flexibility index (Phi) is 3.83. The van der Waals surface area contributed by atoms with Crippen LogP contribution in [0.2, 0.25) is 0 Å². The molecule has 4 aliphatic rings. The Balaban J connectivity index is 1.53. The minimum atomic E-state index is -0.0287. The number of aromatic nitrogens is 2. The molecule has 1 aliphatic carbocycles. The summed E-state index contributed by atoms with van der Waals surface area (Å²) in [5.41, 5.74) is 0.689. The Morgan fingerprint density at radius 2 is 2.09 bits per heavy atom. The van der Waals surface area contributed by atoms with Gasteiger partial charge in [-0.05, 0) is 50.1 Å². The van der Waals surface area contributed by atoms with Crippen molar-refractivity contribution in [3.05, 3.63) is 10.6 Å². The second kappa shape index (κ2) is 5.85. The number of fused-ring (bicyclic) bond motifs is 4. The van der Waals surface area contributed by atoms with Gasteiger partial charge in [0.2, 0.25) is 5.91 Å². The molecule has 0 spiro atoms. The number of carbonyl (C=O) groups excluding carboxylic acids is 2. The van der Waals surface area contributed by atoms with Gasteiger partial charge in [0, 0.05) is 25.7 Å². The Hall–Kier alpha value is -1.50. The summed E-state index contributed by atoms with van der Waals surface area (Å²) in [4.78, 5) is 30.1. The normalized spacial score (nSPS) is 28.0. The molecule has 4 fully saturated rings. The number of hydrogen-bond donors (Lipinski definition) is 0. The number of piperidine rings is 1. The fourth-order valence-corrected chi connectivity index (χ4v) is 4.60. The first-order chi connectivity index (χ1) is 11.1. The first kappa shape index (κ1) is 15.1. The van der Waals surface area contributed by atoms with Crippen molar-refractivity contribution in [3.63, 3.8) is 0 Å². The van der Waals surface area contributed by atoms with Gasteiger partial charge in [-0.15, -0.1) is 5.10 Å². The van der Waals surface area contributed by atoms with Crippen molar-refractivity contribution in [1.82, 2.24) is 19.4 Å². The van der Waals surface area contributed by atoms with Crippen LogP contribution in [0.5, 0.6) is 0 Å². The Bertz CT molecular complexity index is 627. The smallest absolute Gasteiger partial charge is 0.267 e.